The molecule has 3 rings (SSSR count). The van der Waals surface area contributed by atoms with E-state index in [-0.39, 0.29) is 27.7 Å². The van der Waals surface area contributed by atoms with Crippen LogP contribution in [-0.4, -0.2) is 20.6 Å². The molecule has 3 aromatic rings. The molecule has 0 spiro atoms. The van der Waals surface area contributed by atoms with Crippen LogP contribution in [0.5, 0.6) is 0 Å². The third kappa shape index (κ3) is 4.00. The first-order chi connectivity index (χ1) is 14.9. The summed E-state index contributed by atoms with van der Waals surface area (Å²) in [6.45, 7) is 2.02. The minimum Gasteiger partial charge on any atom is -0.319 e. The maximum absolute atomic E-state index is 14.0. The highest BCUT2D eigenvalue weighted by molar-refractivity contribution is 6.32. The first-order valence-electron chi connectivity index (χ1n) is 8.73. The average Bonchev–Trinajstić information content (AvgIpc) is 3.01. The number of amides is 1. The van der Waals surface area contributed by atoms with Gasteiger partial charge in [-0.1, -0.05) is 11.6 Å². The quantitative estimate of drug-likeness (QED) is 0.184. The molecule has 7 nitrogen and oxygen atoms in total. The molecule has 1 N–H and O–H groups in total. The van der Waals surface area contributed by atoms with Gasteiger partial charge in [0.05, 0.1) is 34.1 Å². The van der Waals surface area contributed by atoms with Crippen molar-refractivity contribution in [1.82, 2.24) is 9.78 Å². The second kappa shape index (κ2) is 8.54. The molecule has 0 aliphatic carbocycles. The minimum atomic E-state index is -2.28. The summed E-state index contributed by atoms with van der Waals surface area (Å²) in [6.07, 6.45) is 0. The lowest BCUT2D eigenvalue weighted by atomic mass is 10.1. The number of carbonyl (C=O) groups is 1. The van der Waals surface area contributed by atoms with Crippen LogP contribution in [0.2, 0.25) is 5.02 Å². The Labute approximate surface area is 181 Å². The topological polar surface area (TPSA) is 90.1 Å². The summed E-state index contributed by atoms with van der Waals surface area (Å²) in [5.41, 5.74) is -1.29. The largest absolute Gasteiger partial charge is 0.319 e. The highest BCUT2D eigenvalue weighted by Gasteiger charge is 2.27. The molecular formula is C19H12ClF5N4O3. The van der Waals surface area contributed by atoms with E-state index in [4.69, 9.17) is 11.6 Å². The van der Waals surface area contributed by atoms with Crippen LogP contribution < -0.4 is 5.32 Å². The second-order valence-corrected chi connectivity index (χ2v) is 7.04. The molecule has 0 radical (unpaired) electrons. The van der Waals surface area contributed by atoms with Crippen LogP contribution in [0.15, 0.2) is 18.2 Å². The molecule has 0 saturated carbocycles. The number of nitro benzene ring substituents is 1. The predicted molar refractivity (Wildman–Crippen MR) is 103 cm³/mol. The monoisotopic (exact) mass is 474 g/mol. The lowest BCUT2D eigenvalue weighted by Crippen LogP contribution is -2.15. The van der Waals surface area contributed by atoms with Crippen LogP contribution >= 0.6 is 11.6 Å². The number of rotatable bonds is 5. The van der Waals surface area contributed by atoms with Gasteiger partial charge >= 0.3 is 0 Å². The van der Waals surface area contributed by atoms with Crippen molar-refractivity contribution in [2.45, 2.75) is 20.4 Å². The molecule has 1 amide bonds. The van der Waals surface area contributed by atoms with E-state index in [9.17, 15) is 36.9 Å². The van der Waals surface area contributed by atoms with Gasteiger partial charge in [-0.3, -0.25) is 19.6 Å². The number of nitro groups is 1. The van der Waals surface area contributed by atoms with Gasteiger partial charge in [-0.25, -0.2) is 22.0 Å². The number of hydrogen-bond acceptors (Lipinski definition) is 4. The highest BCUT2D eigenvalue weighted by Crippen LogP contribution is 2.28. The maximum Gasteiger partial charge on any atom is 0.288 e. The lowest BCUT2D eigenvalue weighted by Gasteiger charge is -2.10. The van der Waals surface area contributed by atoms with E-state index in [2.05, 4.69) is 10.4 Å². The molecule has 2 aromatic carbocycles. The zero-order valence-corrected chi connectivity index (χ0v) is 17.0. The fourth-order valence-corrected chi connectivity index (χ4v) is 3.14. The number of nitrogens with one attached hydrogen (secondary N) is 1. The third-order valence-electron chi connectivity index (χ3n) is 4.63. The molecule has 0 aliphatic heterocycles. The van der Waals surface area contributed by atoms with Crippen LogP contribution in [-0.2, 0) is 6.54 Å². The van der Waals surface area contributed by atoms with Crippen LogP contribution in [0.25, 0.3) is 0 Å². The van der Waals surface area contributed by atoms with Crippen molar-refractivity contribution in [3.63, 3.8) is 0 Å². The van der Waals surface area contributed by atoms with E-state index in [0.717, 1.165) is 10.7 Å². The van der Waals surface area contributed by atoms with E-state index in [0.29, 0.717) is 0 Å². The Bertz CT molecular complexity index is 1250. The molecule has 0 fully saturated rings. The van der Waals surface area contributed by atoms with Gasteiger partial charge in [-0.05, 0) is 26.0 Å². The average molecular weight is 475 g/mol. The summed E-state index contributed by atoms with van der Waals surface area (Å²) in [4.78, 5) is 22.8. The Balaban J connectivity index is 1.94. The molecule has 0 bridgehead atoms. The van der Waals surface area contributed by atoms with Crippen LogP contribution in [0.3, 0.4) is 0 Å². The summed E-state index contributed by atoms with van der Waals surface area (Å²) < 4.78 is 69.1. The van der Waals surface area contributed by atoms with E-state index >= 15 is 0 Å². The number of benzene rings is 2. The fourth-order valence-electron chi connectivity index (χ4n) is 2.95. The normalized spacial score (nSPS) is 11.0. The van der Waals surface area contributed by atoms with Crippen molar-refractivity contribution in [3.05, 3.63) is 84.9 Å². The van der Waals surface area contributed by atoms with Crippen molar-refractivity contribution in [1.29, 1.82) is 0 Å². The number of halogens is 6. The SMILES string of the molecule is Cc1nn(Cc2c(F)c(F)c(F)c(F)c2F)c(C)c1NC(=O)c1ccc(Cl)c([N+](=O)[O-])c1. The van der Waals surface area contributed by atoms with Gasteiger partial charge in [0.25, 0.3) is 11.6 Å². The zero-order valence-electron chi connectivity index (χ0n) is 16.3. The van der Waals surface area contributed by atoms with Crippen LogP contribution in [0.1, 0.15) is 27.3 Å². The van der Waals surface area contributed by atoms with Gasteiger partial charge in [0.15, 0.2) is 23.3 Å². The minimum absolute atomic E-state index is 0.0940. The van der Waals surface area contributed by atoms with E-state index in [1.165, 1.54) is 26.0 Å². The zero-order chi connectivity index (χ0) is 23.9. The van der Waals surface area contributed by atoms with E-state index < -0.39 is 57.7 Å². The van der Waals surface area contributed by atoms with Gasteiger partial charge in [0, 0.05) is 11.6 Å². The number of aryl methyl sites for hydroxylation is 1. The van der Waals surface area contributed by atoms with Crippen LogP contribution in [0, 0.1) is 53.0 Å². The highest BCUT2D eigenvalue weighted by atomic mass is 35.5. The van der Waals surface area contributed by atoms with Gasteiger partial charge in [0.1, 0.15) is 5.02 Å². The summed E-state index contributed by atoms with van der Waals surface area (Å²) in [5.74, 6) is -11.2. The van der Waals surface area contributed by atoms with Crippen molar-refractivity contribution in [2.75, 3.05) is 5.32 Å². The fraction of sp³-hybridized carbons (Fsp3) is 0.158. The Morgan fingerprint density at radius 1 is 1.09 bits per heavy atom. The van der Waals surface area contributed by atoms with Crippen molar-refractivity contribution in [2.24, 2.45) is 0 Å². The summed E-state index contributed by atoms with van der Waals surface area (Å²) in [7, 11) is 0. The molecule has 1 aromatic heterocycles. The smallest absolute Gasteiger partial charge is 0.288 e. The van der Waals surface area contributed by atoms with Gasteiger partial charge in [0.2, 0.25) is 5.82 Å². The molecular weight excluding hydrogens is 463 g/mol. The Hall–Kier alpha value is -3.54. The number of nitrogens with zero attached hydrogens (tertiary/aromatic N) is 3. The number of carbonyl (C=O) groups excluding carboxylic acids is 1. The summed E-state index contributed by atoms with van der Waals surface area (Å²) >= 11 is 5.72. The van der Waals surface area contributed by atoms with Crippen molar-refractivity contribution >= 4 is 28.9 Å². The van der Waals surface area contributed by atoms with E-state index in [1.807, 2.05) is 0 Å². The van der Waals surface area contributed by atoms with E-state index in [1.54, 1.807) is 0 Å². The predicted octanol–water partition coefficient (Wildman–Crippen LogP) is 5.06. The Morgan fingerprint density at radius 3 is 2.22 bits per heavy atom. The Morgan fingerprint density at radius 2 is 1.66 bits per heavy atom. The van der Waals surface area contributed by atoms with Crippen LogP contribution in [0.4, 0.5) is 33.3 Å². The van der Waals surface area contributed by atoms with Crippen molar-refractivity contribution < 1.29 is 31.7 Å². The lowest BCUT2D eigenvalue weighted by molar-refractivity contribution is -0.384. The molecule has 13 heteroatoms. The molecule has 0 aliphatic rings. The van der Waals surface area contributed by atoms with Gasteiger partial charge < -0.3 is 5.32 Å². The molecule has 0 unspecified atom stereocenters. The first kappa shape index (κ1) is 23.1. The van der Waals surface area contributed by atoms with Crippen molar-refractivity contribution in [3.8, 4) is 0 Å². The standard InChI is InChI=1S/C19H12ClF5N4O3/c1-7-18(26-19(30)9-3-4-11(20)12(5-9)29(31)32)8(2)28(27-7)6-10-13(21)15(23)17(25)16(24)14(10)22/h3-5H,6H2,1-2H3,(H,26,30). The first-order valence-corrected chi connectivity index (χ1v) is 9.11. The van der Waals surface area contributed by atoms with Gasteiger partial charge in [-0.15, -0.1) is 0 Å². The molecule has 0 saturated heterocycles. The third-order valence-corrected chi connectivity index (χ3v) is 4.95. The number of anilines is 1. The molecule has 32 heavy (non-hydrogen) atoms. The summed E-state index contributed by atoms with van der Waals surface area (Å²) in [6, 6.07) is 3.37. The number of hydrogen-bond donors (Lipinski definition) is 1. The summed E-state index contributed by atoms with van der Waals surface area (Å²) in [5, 5.41) is 17.3. The Kier molecular flexibility index (Phi) is 6.17. The molecule has 0 atom stereocenters. The van der Waals surface area contributed by atoms with Gasteiger partial charge in [-0.2, -0.15) is 5.10 Å². The maximum atomic E-state index is 14.0. The molecule has 168 valence electrons. The molecule has 1 heterocycles. The second-order valence-electron chi connectivity index (χ2n) is 6.63. The number of aromatic nitrogens is 2.